The van der Waals surface area contributed by atoms with Crippen molar-refractivity contribution in [3.05, 3.63) is 42.2 Å². The van der Waals surface area contributed by atoms with Gasteiger partial charge in [0.1, 0.15) is 5.82 Å². The molecule has 0 aliphatic carbocycles. The van der Waals surface area contributed by atoms with Gasteiger partial charge in [-0.2, -0.15) is 5.10 Å². The maximum absolute atomic E-state index is 12.8. The Balaban J connectivity index is 2.11. The maximum Gasteiger partial charge on any atom is 0.141 e. The summed E-state index contributed by atoms with van der Waals surface area (Å²) in [6, 6.07) is 3.21. The molecule has 2 heterocycles. The molecule has 0 amide bonds. The van der Waals surface area contributed by atoms with Crippen LogP contribution in [0.4, 0.5) is 10.1 Å². The summed E-state index contributed by atoms with van der Waals surface area (Å²) in [6.07, 6.45) is 5.85. The highest BCUT2D eigenvalue weighted by molar-refractivity contribution is 5.40. The lowest BCUT2D eigenvalue weighted by Gasteiger charge is -2.16. The zero-order chi connectivity index (χ0) is 13.0. The van der Waals surface area contributed by atoms with E-state index >= 15 is 0 Å². The van der Waals surface area contributed by atoms with Crippen molar-refractivity contribution in [2.24, 2.45) is 0 Å². The van der Waals surface area contributed by atoms with E-state index in [0.29, 0.717) is 0 Å². The quantitative estimate of drug-likeness (QED) is 0.884. The SMILES string of the molecule is CCC(Nc1cnn(CC)c1)c1ccc(F)cn1. The minimum atomic E-state index is -0.313. The van der Waals surface area contributed by atoms with Crippen molar-refractivity contribution >= 4 is 5.69 Å². The van der Waals surface area contributed by atoms with E-state index < -0.39 is 0 Å². The van der Waals surface area contributed by atoms with Gasteiger partial charge in [0, 0.05) is 12.7 Å². The number of aryl methyl sites for hydroxylation is 1. The second-order valence-electron chi connectivity index (χ2n) is 4.09. The molecule has 0 radical (unpaired) electrons. The molecule has 96 valence electrons. The molecule has 2 aromatic rings. The fourth-order valence-corrected chi connectivity index (χ4v) is 1.79. The van der Waals surface area contributed by atoms with Crippen LogP contribution < -0.4 is 5.32 Å². The average molecular weight is 248 g/mol. The molecule has 1 atom stereocenters. The Kier molecular flexibility index (Phi) is 3.92. The minimum Gasteiger partial charge on any atom is -0.374 e. The number of nitrogens with one attached hydrogen (secondary N) is 1. The molecule has 5 heteroatoms. The first kappa shape index (κ1) is 12.5. The van der Waals surface area contributed by atoms with Crippen LogP contribution in [0.3, 0.4) is 0 Å². The molecule has 1 N–H and O–H groups in total. The Morgan fingerprint density at radius 2 is 2.17 bits per heavy atom. The van der Waals surface area contributed by atoms with Crippen molar-refractivity contribution in [3.63, 3.8) is 0 Å². The van der Waals surface area contributed by atoms with Crippen molar-refractivity contribution in [1.82, 2.24) is 14.8 Å². The zero-order valence-corrected chi connectivity index (χ0v) is 10.6. The standard InChI is InChI=1S/C13H17FN4/c1-3-12(13-6-5-10(14)7-15-13)17-11-8-16-18(4-2)9-11/h5-9,12,17H,3-4H2,1-2H3. The number of pyridine rings is 1. The van der Waals surface area contributed by atoms with Crippen molar-refractivity contribution in [2.45, 2.75) is 32.9 Å². The molecular formula is C13H17FN4. The normalized spacial score (nSPS) is 12.4. The van der Waals surface area contributed by atoms with E-state index in [-0.39, 0.29) is 11.9 Å². The van der Waals surface area contributed by atoms with E-state index in [1.165, 1.54) is 12.3 Å². The van der Waals surface area contributed by atoms with Crippen LogP contribution in [0.1, 0.15) is 32.0 Å². The minimum absolute atomic E-state index is 0.0695. The van der Waals surface area contributed by atoms with E-state index in [1.807, 2.05) is 17.8 Å². The van der Waals surface area contributed by atoms with Crippen LogP contribution in [-0.2, 0) is 6.54 Å². The third-order valence-corrected chi connectivity index (χ3v) is 2.81. The first-order valence-electron chi connectivity index (χ1n) is 6.13. The van der Waals surface area contributed by atoms with Crippen LogP contribution in [0.5, 0.6) is 0 Å². The van der Waals surface area contributed by atoms with Gasteiger partial charge < -0.3 is 5.32 Å². The highest BCUT2D eigenvalue weighted by Gasteiger charge is 2.11. The van der Waals surface area contributed by atoms with Gasteiger partial charge in [-0.25, -0.2) is 4.39 Å². The van der Waals surface area contributed by atoms with E-state index in [9.17, 15) is 4.39 Å². The van der Waals surface area contributed by atoms with Crippen LogP contribution in [-0.4, -0.2) is 14.8 Å². The Morgan fingerprint density at radius 1 is 1.33 bits per heavy atom. The zero-order valence-electron chi connectivity index (χ0n) is 10.6. The molecular weight excluding hydrogens is 231 g/mol. The number of anilines is 1. The average Bonchev–Trinajstić information content (AvgIpc) is 2.85. The fraction of sp³-hybridized carbons (Fsp3) is 0.385. The molecule has 0 spiro atoms. The molecule has 0 aromatic carbocycles. The lowest BCUT2D eigenvalue weighted by Crippen LogP contribution is -2.11. The van der Waals surface area contributed by atoms with Crippen molar-refractivity contribution in [3.8, 4) is 0 Å². The van der Waals surface area contributed by atoms with E-state index in [2.05, 4.69) is 22.3 Å². The third-order valence-electron chi connectivity index (χ3n) is 2.81. The number of rotatable bonds is 5. The van der Waals surface area contributed by atoms with E-state index in [4.69, 9.17) is 0 Å². The van der Waals surface area contributed by atoms with Gasteiger partial charge in [-0.15, -0.1) is 0 Å². The summed E-state index contributed by atoms with van der Waals surface area (Å²) in [7, 11) is 0. The van der Waals surface area contributed by atoms with E-state index in [0.717, 1.165) is 24.3 Å². The second kappa shape index (κ2) is 5.62. The molecule has 0 saturated heterocycles. The van der Waals surface area contributed by atoms with Crippen molar-refractivity contribution in [1.29, 1.82) is 0 Å². The number of halogens is 1. The first-order chi connectivity index (χ1) is 8.72. The Hall–Kier alpha value is -1.91. The number of aromatic nitrogens is 3. The third kappa shape index (κ3) is 2.85. The fourth-order valence-electron chi connectivity index (χ4n) is 1.79. The summed E-state index contributed by atoms with van der Waals surface area (Å²) < 4.78 is 14.7. The molecule has 2 aromatic heterocycles. The van der Waals surface area contributed by atoms with Crippen LogP contribution in [0.2, 0.25) is 0 Å². The summed E-state index contributed by atoms with van der Waals surface area (Å²) in [6.45, 7) is 4.94. The van der Waals surface area contributed by atoms with Gasteiger partial charge in [0.2, 0.25) is 0 Å². The number of nitrogens with zero attached hydrogens (tertiary/aromatic N) is 3. The van der Waals surface area contributed by atoms with Crippen LogP contribution in [0.25, 0.3) is 0 Å². The first-order valence-corrected chi connectivity index (χ1v) is 6.13. The summed E-state index contributed by atoms with van der Waals surface area (Å²) in [4.78, 5) is 4.11. The van der Waals surface area contributed by atoms with Gasteiger partial charge in [-0.1, -0.05) is 6.92 Å². The molecule has 0 aliphatic heterocycles. The lowest BCUT2D eigenvalue weighted by molar-refractivity contribution is 0.614. The summed E-state index contributed by atoms with van der Waals surface area (Å²) in [5.41, 5.74) is 1.79. The molecule has 0 saturated carbocycles. The summed E-state index contributed by atoms with van der Waals surface area (Å²) in [5.74, 6) is -0.313. The Morgan fingerprint density at radius 3 is 2.72 bits per heavy atom. The van der Waals surface area contributed by atoms with Crippen LogP contribution in [0, 0.1) is 5.82 Å². The predicted molar refractivity (Wildman–Crippen MR) is 68.8 cm³/mol. The topological polar surface area (TPSA) is 42.7 Å². The maximum atomic E-state index is 12.8. The predicted octanol–water partition coefficient (Wildman–Crippen LogP) is 3.00. The number of hydrogen-bond donors (Lipinski definition) is 1. The molecule has 0 fully saturated rings. The van der Waals surface area contributed by atoms with Gasteiger partial charge in [-0.3, -0.25) is 9.67 Å². The summed E-state index contributed by atoms with van der Waals surface area (Å²) in [5, 5.41) is 7.55. The van der Waals surface area contributed by atoms with Gasteiger partial charge >= 0.3 is 0 Å². The monoisotopic (exact) mass is 248 g/mol. The highest BCUT2D eigenvalue weighted by atomic mass is 19.1. The van der Waals surface area contributed by atoms with Crippen molar-refractivity contribution < 1.29 is 4.39 Å². The van der Waals surface area contributed by atoms with Crippen LogP contribution >= 0.6 is 0 Å². The second-order valence-corrected chi connectivity index (χ2v) is 4.09. The Labute approximate surface area is 106 Å². The number of hydrogen-bond acceptors (Lipinski definition) is 3. The molecule has 18 heavy (non-hydrogen) atoms. The molecule has 0 aliphatic rings. The summed E-state index contributed by atoms with van der Waals surface area (Å²) >= 11 is 0. The van der Waals surface area contributed by atoms with Crippen LogP contribution in [0.15, 0.2) is 30.7 Å². The molecule has 2 rings (SSSR count). The smallest absolute Gasteiger partial charge is 0.141 e. The van der Waals surface area contributed by atoms with E-state index in [1.54, 1.807) is 12.3 Å². The molecule has 1 unspecified atom stereocenters. The lowest BCUT2D eigenvalue weighted by atomic mass is 10.1. The highest BCUT2D eigenvalue weighted by Crippen LogP contribution is 2.20. The van der Waals surface area contributed by atoms with Gasteiger partial charge in [0.15, 0.2) is 0 Å². The molecule has 0 bridgehead atoms. The van der Waals surface area contributed by atoms with Gasteiger partial charge in [0.25, 0.3) is 0 Å². The van der Waals surface area contributed by atoms with Gasteiger partial charge in [-0.05, 0) is 25.5 Å². The molecule has 4 nitrogen and oxygen atoms in total. The largest absolute Gasteiger partial charge is 0.374 e. The van der Waals surface area contributed by atoms with Gasteiger partial charge in [0.05, 0.1) is 29.8 Å². The van der Waals surface area contributed by atoms with Crippen molar-refractivity contribution in [2.75, 3.05) is 5.32 Å². The Bertz CT molecular complexity index is 492.